The second-order valence-corrected chi connectivity index (χ2v) is 11.4. The van der Waals surface area contributed by atoms with Gasteiger partial charge in [-0.15, -0.1) is 0 Å². The SMILES string of the molecule is O=S(=O)(c1cccc(C(F)(F)F)c1)N1CCC(N2CCCCC2Cc2ccc(C(F)(F)F)cc2)CC1. The van der Waals surface area contributed by atoms with E-state index < -0.39 is 33.5 Å². The van der Waals surface area contributed by atoms with Crippen LogP contribution >= 0.6 is 0 Å². The van der Waals surface area contributed by atoms with Crippen LogP contribution in [0, 0.1) is 0 Å². The maximum absolute atomic E-state index is 13.1. The van der Waals surface area contributed by atoms with Crippen LogP contribution < -0.4 is 0 Å². The highest BCUT2D eigenvalue weighted by Gasteiger charge is 2.37. The normalized spacial score (nSPS) is 21.6. The maximum atomic E-state index is 13.1. The van der Waals surface area contributed by atoms with E-state index in [0.29, 0.717) is 25.3 Å². The molecule has 4 nitrogen and oxygen atoms in total. The maximum Gasteiger partial charge on any atom is 0.416 e. The molecule has 0 spiro atoms. The number of piperidine rings is 2. The Morgan fingerprint density at radius 3 is 2.03 bits per heavy atom. The van der Waals surface area contributed by atoms with E-state index in [9.17, 15) is 34.8 Å². The van der Waals surface area contributed by atoms with Gasteiger partial charge in [-0.3, -0.25) is 4.90 Å². The number of nitrogens with zero attached hydrogens (tertiary/aromatic N) is 2. The van der Waals surface area contributed by atoms with Crippen molar-refractivity contribution in [2.45, 2.75) is 67.9 Å². The summed E-state index contributed by atoms with van der Waals surface area (Å²) in [7, 11) is -4.05. The Labute approximate surface area is 206 Å². The molecule has 0 amide bonds. The molecular weight excluding hydrogens is 506 g/mol. The molecule has 4 rings (SSSR count). The van der Waals surface area contributed by atoms with Gasteiger partial charge < -0.3 is 0 Å². The van der Waals surface area contributed by atoms with Gasteiger partial charge in [0, 0.05) is 25.2 Å². The number of hydrogen-bond donors (Lipinski definition) is 0. The van der Waals surface area contributed by atoms with E-state index in [1.807, 2.05) is 0 Å². The van der Waals surface area contributed by atoms with Gasteiger partial charge in [0.2, 0.25) is 10.0 Å². The van der Waals surface area contributed by atoms with Crippen molar-refractivity contribution in [3.05, 3.63) is 65.2 Å². The van der Waals surface area contributed by atoms with Crippen molar-refractivity contribution < 1.29 is 34.8 Å². The molecule has 2 saturated heterocycles. The van der Waals surface area contributed by atoms with Crippen molar-refractivity contribution in [2.24, 2.45) is 0 Å². The van der Waals surface area contributed by atoms with Crippen molar-refractivity contribution in [1.29, 1.82) is 0 Å². The Morgan fingerprint density at radius 1 is 0.778 bits per heavy atom. The summed E-state index contributed by atoms with van der Waals surface area (Å²) in [6, 6.07) is 9.28. The van der Waals surface area contributed by atoms with Gasteiger partial charge >= 0.3 is 12.4 Å². The number of sulfonamides is 1. The minimum Gasteiger partial charge on any atom is -0.297 e. The summed E-state index contributed by atoms with van der Waals surface area (Å²) >= 11 is 0. The summed E-state index contributed by atoms with van der Waals surface area (Å²) in [5.41, 5.74) is -0.858. The lowest BCUT2D eigenvalue weighted by Gasteiger charge is -2.44. The third kappa shape index (κ3) is 6.06. The van der Waals surface area contributed by atoms with E-state index >= 15 is 0 Å². The molecule has 2 fully saturated rings. The van der Waals surface area contributed by atoms with Crippen LogP contribution in [0.4, 0.5) is 26.3 Å². The largest absolute Gasteiger partial charge is 0.416 e. The highest BCUT2D eigenvalue weighted by Crippen LogP contribution is 2.34. The summed E-state index contributed by atoms with van der Waals surface area (Å²) in [5.74, 6) is 0. The van der Waals surface area contributed by atoms with Crippen LogP contribution in [0.3, 0.4) is 0 Å². The van der Waals surface area contributed by atoms with E-state index in [1.165, 1.54) is 22.5 Å². The van der Waals surface area contributed by atoms with Crippen molar-refractivity contribution in [1.82, 2.24) is 9.21 Å². The van der Waals surface area contributed by atoms with Crippen LogP contribution in [0.25, 0.3) is 0 Å². The van der Waals surface area contributed by atoms with Crippen LogP contribution in [0.1, 0.15) is 48.8 Å². The molecule has 0 saturated carbocycles. The van der Waals surface area contributed by atoms with Crippen LogP contribution in [0.5, 0.6) is 0 Å². The van der Waals surface area contributed by atoms with E-state index in [2.05, 4.69) is 4.90 Å². The molecular formula is C25H28F6N2O2S. The van der Waals surface area contributed by atoms with Gasteiger partial charge in [-0.05, 0) is 74.5 Å². The lowest BCUT2D eigenvalue weighted by Crippen LogP contribution is -2.52. The van der Waals surface area contributed by atoms with Crippen molar-refractivity contribution in [3.63, 3.8) is 0 Å². The fraction of sp³-hybridized carbons (Fsp3) is 0.520. The van der Waals surface area contributed by atoms with Gasteiger partial charge in [-0.1, -0.05) is 24.6 Å². The molecule has 0 N–H and O–H groups in total. The van der Waals surface area contributed by atoms with E-state index in [1.54, 1.807) is 0 Å². The molecule has 0 radical (unpaired) electrons. The molecule has 2 heterocycles. The van der Waals surface area contributed by atoms with Gasteiger partial charge in [0.05, 0.1) is 16.0 Å². The number of benzene rings is 2. The Bertz CT molecular complexity index is 1140. The summed E-state index contributed by atoms with van der Waals surface area (Å²) in [4.78, 5) is 1.98. The first-order chi connectivity index (χ1) is 16.9. The molecule has 2 aliphatic rings. The molecule has 0 aliphatic carbocycles. The van der Waals surface area contributed by atoms with Crippen molar-refractivity contribution in [2.75, 3.05) is 19.6 Å². The third-order valence-corrected chi connectivity index (χ3v) is 9.01. The fourth-order valence-corrected chi connectivity index (χ4v) is 6.74. The van der Waals surface area contributed by atoms with Gasteiger partial charge in [0.1, 0.15) is 0 Å². The Kier molecular flexibility index (Phi) is 7.73. The standard InChI is InChI=1S/C25H28F6N2O2S/c26-24(27,28)19-9-7-18(8-10-19)16-22-5-1-2-13-33(22)21-11-14-32(15-12-21)36(34,35)23-6-3-4-20(17-23)25(29,30)31/h3-4,6-10,17,21-22H,1-2,5,11-16H2. The Balaban J connectivity index is 1.41. The van der Waals surface area contributed by atoms with Crippen molar-refractivity contribution >= 4 is 10.0 Å². The van der Waals surface area contributed by atoms with Gasteiger partial charge in [0.15, 0.2) is 0 Å². The molecule has 198 valence electrons. The summed E-state index contributed by atoms with van der Waals surface area (Å²) in [5, 5.41) is 0. The Hall–Kier alpha value is -2.11. The molecule has 36 heavy (non-hydrogen) atoms. The zero-order valence-corrected chi connectivity index (χ0v) is 20.3. The molecule has 2 aromatic rings. The lowest BCUT2D eigenvalue weighted by molar-refractivity contribution is -0.138. The fourth-order valence-electron chi connectivity index (χ4n) is 5.22. The summed E-state index contributed by atoms with van der Waals surface area (Å²) < 4.78 is 105. The molecule has 0 aromatic heterocycles. The van der Waals surface area contributed by atoms with Gasteiger partial charge in [-0.2, -0.15) is 30.6 Å². The molecule has 2 aromatic carbocycles. The monoisotopic (exact) mass is 534 g/mol. The van der Waals surface area contributed by atoms with Crippen LogP contribution in [0.2, 0.25) is 0 Å². The molecule has 2 aliphatic heterocycles. The topological polar surface area (TPSA) is 40.6 Å². The number of halogens is 6. The summed E-state index contributed by atoms with van der Waals surface area (Å²) in [6.45, 7) is 1.23. The predicted octanol–water partition coefficient (Wildman–Crippen LogP) is 5.97. The van der Waals surface area contributed by atoms with E-state index in [4.69, 9.17) is 0 Å². The first kappa shape index (κ1) is 26.9. The molecule has 1 unspecified atom stereocenters. The van der Waals surface area contributed by atoms with Gasteiger partial charge in [0.25, 0.3) is 0 Å². The minimum absolute atomic E-state index is 0.109. The smallest absolute Gasteiger partial charge is 0.297 e. The minimum atomic E-state index is -4.63. The highest BCUT2D eigenvalue weighted by molar-refractivity contribution is 7.89. The number of rotatable bonds is 5. The van der Waals surface area contributed by atoms with Crippen LogP contribution in [-0.2, 0) is 28.8 Å². The average Bonchev–Trinajstić information content (AvgIpc) is 2.84. The summed E-state index contributed by atoms with van der Waals surface area (Å²) in [6.07, 6.45) is -4.39. The number of alkyl halides is 6. The van der Waals surface area contributed by atoms with Crippen LogP contribution in [-0.4, -0.2) is 49.3 Å². The van der Waals surface area contributed by atoms with Crippen molar-refractivity contribution in [3.8, 4) is 0 Å². The first-order valence-electron chi connectivity index (χ1n) is 11.9. The molecule has 11 heteroatoms. The zero-order valence-electron chi connectivity index (χ0n) is 19.5. The first-order valence-corrected chi connectivity index (χ1v) is 13.4. The zero-order chi connectivity index (χ0) is 26.1. The highest BCUT2D eigenvalue weighted by atomic mass is 32.2. The second-order valence-electron chi connectivity index (χ2n) is 9.45. The predicted molar refractivity (Wildman–Crippen MR) is 123 cm³/mol. The number of likely N-dealkylation sites (tertiary alicyclic amines) is 1. The van der Waals surface area contributed by atoms with E-state index in [0.717, 1.165) is 55.6 Å². The number of hydrogen-bond acceptors (Lipinski definition) is 3. The van der Waals surface area contributed by atoms with E-state index in [-0.39, 0.29) is 30.1 Å². The van der Waals surface area contributed by atoms with Gasteiger partial charge in [-0.25, -0.2) is 8.42 Å². The quantitative estimate of drug-likeness (QED) is 0.444. The van der Waals surface area contributed by atoms with Crippen LogP contribution in [0.15, 0.2) is 53.4 Å². The second kappa shape index (κ2) is 10.3. The Morgan fingerprint density at radius 2 is 1.42 bits per heavy atom. The average molecular weight is 535 g/mol. The third-order valence-electron chi connectivity index (χ3n) is 7.12. The lowest BCUT2D eigenvalue weighted by atomic mass is 9.91. The molecule has 0 bridgehead atoms. The molecule has 1 atom stereocenters.